The van der Waals surface area contributed by atoms with Gasteiger partial charge in [-0.1, -0.05) is 13.0 Å². The average Bonchev–Trinajstić information content (AvgIpc) is 2.61. The first-order valence-corrected chi connectivity index (χ1v) is 9.01. The second-order valence-corrected chi connectivity index (χ2v) is 6.77. The maximum absolute atomic E-state index is 12.1. The summed E-state index contributed by atoms with van der Waals surface area (Å²) in [6.07, 6.45) is 0.924. The van der Waals surface area contributed by atoms with E-state index in [-0.39, 0.29) is 12.5 Å². The zero-order valence-corrected chi connectivity index (χ0v) is 16.1. The van der Waals surface area contributed by atoms with Gasteiger partial charge in [0.2, 0.25) is 0 Å². The molecule has 0 aliphatic carbocycles. The highest BCUT2D eigenvalue weighted by molar-refractivity contribution is 9.10. The molecule has 5 nitrogen and oxygen atoms in total. The number of nitrogens with one attached hydrogen (secondary N) is 1. The van der Waals surface area contributed by atoms with Gasteiger partial charge in [-0.05, 0) is 64.7 Å². The van der Waals surface area contributed by atoms with Gasteiger partial charge in [0, 0.05) is 22.0 Å². The summed E-state index contributed by atoms with van der Waals surface area (Å²) < 4.78 is 11.5. The topological polar surface area (TPSA) is 68.5 Å². The summed E-state index contributed by atoms with van der Waals surface area (Å²) in [5.41, 5.74) is 2.73. The van der Waals surface area contributed by atoms with Crippen LogP contribution < -0.4 is 15.7 Å². The molecule has 0 saturated heterocycles. The Labute approximate surface area is 159 Å². The largest absolute Gasteiger partial charge is 0.484 e. The Morgan fingerprint density at radius 3 is 2.73 bits per heavy atom. The van der Waals surface area contributed by atoms with Crippen molar-refractivity contribution in [3.8, 4) is 5.75 Å². The molecular weight excluding hydrogens is 398 g/mol. The second-order valence-electron chi connectivity index (χ2n) is 5.91. The van der Waals surface area contributed by atoms with Crippen LogP contribution >= 0.6 is 15.9 Å². The first-order valence-electron chi connectivity index (χ1n) is 8.22. The molecule has 0 aliphatic heterocycles. The molecule has 1 aromatic heterocycles. The fourth-order valence-corrected chi connectivity index (χ4v) is 3.14. The van der Waals surface area contributed by atoms with Gasteiger partial charge in [-0.15, -0.1) is 0 Å². The van der Waals surface area contributed by atoms with Crippen LogP contribution in [-0.4, -0.2) is 12.5 Å². The van der Waals surface area contributed by atoms with E-state index in [0.717, 1.165) is 21.8 Å². The van der Waals surface area contributed by atoms with Gasteiger partial charge in [-0.2, -0.15) is 0 Å². The summed E-state index contributed by atoms with van der Waals surface area (Å²) in [4.78, 5) is 23.6. The van der Waals surface area contributed by atoms with Crippen molar-refractivity contribution in [2.75, 3.05) is 11.9 Å². The standard InChI is InChI=1S/C20H18BrNO4/c1-3-13-4-7-17(16(21)9-13)22-19(23)11-25-14-5-6-15-12(2)8-20(24)26-18(15)10-14/h4-10H,3,11H2,1-2H3,(H,22,23). The lowest BCUT2D eigenvalue weighted by Crippen LogP contribution is -2.20. The summed E-state index contributed by atoms with van der Waals surface area (Å²) in [5, 5.41) is 3.64. The number of ether oxygens (including phenoxy) is 1. The molecule has 0 spiro atoms. The first kappa shape index (κ1) is 18.2. The Bertz CT molecular complexity index is 1030. The van der Waals surface area contributed by atoms with Crippen LogP contribution in [0.15, 0.2) is 56.1 Å². The van der Waals surface area contributed by atoms with Gasteiger partial charge in [0.05, 0.1) is 5.69 Å². The van der Waals surface area contributed by atoms with Crippen molar-refractivity contribution in [2.45, 2.75) is 20.3 Å². The van der Waals surface area contributed by atoms with E-state index in [9.17, 15) is 9.59 Å². The van der Waals surface area contributed by atoms with E-state index in [0.29, 0.717) is 17.0 Å². The van der Waals surface area contributed by atoms with E-state index in [2.05, 4.69) is 28.2 Å². The number of carbonyl (C=O) groups is 1. The summed E-state index contributed by atoms with van der Waals surface area (Å²) in [6.45, 7) is 3.76. The van der Waals surface area contributed by atoms with Gasteiger partial charge in [0.25, 0.3) is 5.91 Å². The van der Waals surface area contributed by atoms with Crippen molar-refractivity contribution in [1.82, 2.24) is 0 Å². The molecule has 6 heteroatoms. The SMILES string of the molecule is CCc1ccc(NC(=O)COc2ccc3c(C)cc(=O)oc3c2)c(Br)c1. The lowest BCUT2D eigenvalue weighted by atomic mass is 10.1. The predicted molar refractivity (Wildman–Crippen MR) is 105 cm³/mol. The number of benzene rings is 2. The van der Waals surface area contributed by atoms with Crippen molar-refractivity contribution in [2.24, 2.45) is 0 Å². The molecule has 3 rings (SSSR count). The number of hydrogen-bond acceptors (Lipinski definition) is 4. The molecule has 1 heterocycles. The van der Waals surface area contributed by atoms with Crippen molar-refractivity contribution in [3.63, 3.8) is 0 Å². The smallest absolute Gasteiger partial charge is 0.336 e. The molecule has 0 aliphatic rings. The Hall–Kier alpha value is -2.60. The molecule has 3 aromatic rings. The van der Waals surface area contributed by atoms with Crippen LogP contribution in [0.25, 0.3) is 11.0 Å². The zero-order valence-electron chi connectivity index (χ0n) is 14.5. The van der Waals surface area contributed by atoms with Crippen molar-refractivity contribution in [3.05, 3.63) is 68.5 Å². The number of halogens is 1. The van der Waals surface area contributed by atoms with E-state index in [1.807, 2.05) is 25.1 Å². The predicted octanol–water partition coefficient (Wildman–Crippen LogP) is 4.44. The molecule has 1 N–H and O–H groups in total. The number of anilines is 1. The number of carbonyl (C=O) groups excluding carboxylic acids is 1. The molecule has 0 radical (unpaired) electrons. The molecule has 0 saturated carbocycles. The normalized spacial score (nSPS) is 10.7. The van der Waals surface area contributed by atoms with Crippen molar-refractivity contribution >= 4 is 38.5 Å². The highest BCUT2D eigenvalue weighted by atomic mass is 79.9. The number of aryl methyl sites for hydroxylation is 2. The number of fused-ring (bicyclic) bond motifs is 1. The second kappa shape index (κ2) is 7.74. The van der Waals surface area contributed by atoms with Gasteiger partial charge in [0.1, 0.15) is 11.3 Å². The summed E-state index contributed by atoms with van der Waals surface area (Å²) in [7, 11) is 0. The van der Waals surface area contributed by atoms with Crippen LogP contribution in [0.4, 0.5) is 5.69 Å². The van der Waals surface area contributed by atoms with Gasteiger partial charge in [0.15, 0.2) is 6.61 Å². The molecule has 0 unspecified atom stereocenters. The van der Waals surface area contributed by atoms with Gasteiger partial charge < -0.3 is 14.5 Å². The maximum atomic E-state index is 12.1. The van der Waals surface area contributed by atoms with Crippen LogP contribution in [0.3, 0.4) is 0 Å². The third-order valence-electron chi connectivity index (χ3n) is 4.01. The summed E-state index contributed by atoms with van der Waals surface area (Å²) in [6, 6.07) is 12.4. The fourth-order valence-electron chi connectivity index (χ4n) is 2.61. The lowest BCUT2D eigenvalue weighted by Gasteiger charge is -2.10. The maximum Gasteiger partial charge on any atom is 0.336 e. The molecular formula is C20H18BrNO4. The van der Waals surface area contributed by atoms with Gasteiger partial charge >= 0.3 is 5.63 Å². The highest BCUT2D eigenvalue weighted by Crippen LogP contribution is 2.24. The van der Waals surface area contributed by atoms with E-state index in [1.54, 1.807) is 18.2 Å². The van der Waals surface area contributed by atoms with Crippen LogP contribution in [0.1, 0.15) is 18.1 Å². The van der Waals surface area contributed by atoms with Crippen LogP contribution in [0, 0.1) is 6.92 Å². The van der Waals surface area contributed by atoms with E-state index < -0.39 is 5.63 Å². The molecule has 2 aromatic carbocycles. The summed E-state index contributed by atoms with van der Waals surface area (Å²) >= 11 is 3.46. The van der Waals surface area contributed by atoms with Crippen molar-refractivity contribution in [1.29, 1.82) is 0 Å². The van der Waals surface area contributed by atoms with E-state index >= 15 is 0 Å². The van der Waals surface area contributed by atoms with Crippen LogP contribution in [-0.2, 0) is 11.2 Å². The molecule has 0 fully saturated rings. The minimum Gasteiger partial charge on any atom is -0.484 e. The minimum atomic E-state index is -0.412. The molecule has 1 amide bonds. The average molecular weight is 416 g/mol. The van der Waals surface area contributed by atoms with Crippen LogP contribution in [0.5, 0.6) is 5.75 Å². The lowest BCUT2D eigenvalue weighted by molar-refractivity contribution is -0.118. The van der Waals surface area contributed by atoms with Crippen molar-refractivity contribution < 1.29 is 13.9 Å². The van der Waals surface area contributed by atoms with Gasteiger partial charge in [-0.3, -0.25) is 4.79 Å². The third-order valence-corrected chi connectivity index (χ3v) is 4.66. The fraction of sp³-hybridized carbons (Fsp3) is 0.200. The van der Waals surface area contributed by atoms with E-state index in [1.165, 1.54) is 11.6 Å². The van der Waals surface area contributed by atoms with E-state index in [4.69, 9.17) is 9.15 Å². The Morgan fingerprint density at radius 1 is 1.19 bits per heavy atom. The number of hydrogen-bond donors (Lipinski definition) is 1. The highest BCUT2D eigenvalue weighted by Gasteiger charge is 2.09. The van der Waals surface area contributed by atoms with Gasteiger partial charge in [-0.25, -0.2) is 4.79 Å². The quantitative estimate of drug-likeness (QED) is 0.625. The zero-order chi connectivity index (χ0) is 18.7. The summed E-state index contributed by atoms with van der Waals surface area (Å²) in [5.74, 6) is 0.183. The molecule has 26 heavy (non-hydrogen) atoms. The minimum absolute atomic E-state index is 0.149. The molecule has 0 atom stereocenters. The third kappa shape index (κ3) is 4.14. The Morgan fingerprint density at radius 2 is 2.00 bits per heavy atom. The molecule has 134 valence electrons. The Balaban J connectivity index is 1.68. The monoisotopic (exact) mass is 415 g/mol. The molecule has 0 bridgehead atoms. The number of amides is 1. The number of rotatable bonds is 5. The first-order chi connectivity index (χ1) is 12.5. The Kier molecular flexibility index (Phi) is 5.42. The van der Waals surface area contributed by atoms with Crippen LogP contribution in [0.2, 0.25) is 0 Å².